The van der Waals surface area contributed by atoms with Gasteiger partial charge in [0.15, 0.2) is 5.78 Å². The van der Waals surface area contributed by atoms with Gasteiger partial charge in [0.1, 0.15) is 17.3 Å². The Hall–Kier alpha value is -3.08. The number of carbonyl (C=O) groups excluding carboxylic acids is 3. The van der Waals surface area contributed by atoms with Gasteiger partial charge in [-0.25, -0.2) is 4.79 Å². The molecule has 8 N–H and O–H groups in total. The van der Waals surface area contributed by atoms with E-state index in [0.717, 1.165) is 4.90 Å². The van der Waals surface area contributed by atoms with Crippen molar-refractivity contribution in [1.29, 1.82) is 0 Å². The molecule has 0 aliphatic heterocycles. The van der Waals surface area contributed by atoms with Crippen molar-refractivity contribution < 1.29 is 18.8 Å². The van der Waals surface area contributed by atoms with Crippen LogP contribution in [0, 0.1) is 18.8 Å². The lowest BCUT2D eigenvalue weighted by Crippen LogP contribution is -2.59. The smallest absolute Gasteiger partial charge is 0.359 e. The van der Waals surface area contributed by atoms with Crippen LogP contribution in [0.1, 0.15) is 69.3 Å². The van der Waals surface area contributed by atoms with Crippen LogP contribution in [0.4, 0.5) is 5.69 Å². The fraction of sp³-hybridized carbons (Fsp3) is 0.556. The summed E-state index contributed by atoms with van der Waals surface area (Å²) in [5.74, 6) is -1.95. The maximum atomic E-state index is 13.9. The van der Waals surface area contributed by atoms with Crippen molar-refractivity contribution in [2.75, 3.05) is 12.3 Å². The van der Waals surface area contributed by atoms with E-state index < -0.39 is 41.3 Å². The molecule has 0 saturated carbocycles. The molecule has 2 aromatic rings. The molecule has 0 spiro atoms. The van der Waals surface area contributed by atoms with E-state index in [1.165, 1.54) is 6.07 Å². The van der Waals surface area contributed by atoms with Crippen molar-refractivity contribution in [2.45, 2.75) is 78.4 Å². The Bertz CT molecular complexity index is 1190. The second-order valence-electron chi connectivity index (χ2n) is 10.4. The Morgan fingerprint density at radius 1 is 1.03 bits per heavy atom. The molecule has 204 valence electrons. The van der Waals surface area contributed by atoms with Gasteiger partial charge in [-0.2, -0.15) is 0 Å². The van der Waals surface area contributed by atoms with Gasteiger partial charge in [0.25, 0.3) is 0 Å². The topological polar surface area (TPSA) is 189 Å². The van der Waals surface area contributed by atoms with E-state index in [2.05, 4.69) is 0 Å². The van der Waals surface area contributed by atoms with Crippen molar-refractivity contribution >= 4 is 34.3 Å². The average molecular weight is 516 g/mol. The third-order valence-corrected chi connectivity index (χ3v) is 6.56. The molecule has 37 heavy (non-hydrogen) atoms. The maximum absolute atomic E-state index is 13.9. The lowest BCUT2D eigenvalue weighted by molar-refractivity contribution is -0.149. The first kappa shape index (κ1) is 30.1. The number of fused-ring (bicyclic) bond motifs is 1. The Labute approximate surface area is 217 Å². The highest BCUT2D eigenvalue weighted by Crippen LogP contribution is 2.25. The van der Waals surface area contributed by atoms with Crippen LogP contribution < -0.4 is 28.6 Å². The minimum Gasteiger partial charge on any atom is -0.421 e. The molecule has 0 aliphatic carbocycles. The standard InChI is InChI=1S/C27H41N5O5/c1-14(2)12-19(29)25(34)32(26(35)22(30)15(3)4)20(8-6-7-11-28)24(33)17-9-10-18-16(5)23(31)27(36)37-21(18)13-17/h9-10,13-15,19-20,22H,6-8,11-12,28-31H2,1-5H3. The molecule has 2 amide bonds. The number of carbonyl (C=O) groups is 3. The summed E-state index contributed by atoms with van der Waals surface area (Å²) in [4.78, 5) is 54.1. The summed E-state index contributed by atoms with van der Waals surface area (Å²) in [6.07, 6.45) is 1.62. The number of ketones is 1. The third-order valence-electron chi connectivity index (χ3n) is 6.56. The van der Waals surface area contributed by atoms with Crippen molar-refractivity contribution in [3.8, 4) is 0 Å². The summed E-state index contributed by atoms with van der Waals surface area (Å²) >= 11 is 0. The van der Waals surface area contributed by atoms with E-state index >= 15 is 0 Å². The van der Waals surface area contributed by atoms with Gasteiger partial charge < -0.3 is 27.4 Å². The molecule has 0 fully saturated rings. The summed E-state index contributed by atoms with van der Waals surface area (Å²) in [7, 11) is 0. The highest BCUT2D eigenvalue weighted by atomic mass is 16.4. The SMILES string of the molecule is Cc1c(N)c(=O)oc2cc(C(=O)C(CCCCN)N(C(=O)C(N)CC(C)C)C(=O)C(N)C(C)C)ccc12. The fourth-order valence-electron chi connectivity index (χ4n) is 4.22. The summed E-state index contributed by atoms with van der Waals surface area (Å²) in [5.41, 5.74) is 24.0. The molecule has 1 heterocycles. The number of rotatable bonds is 12. The molecule has 10 nitrogen and oxygen atoms in total. The van der Waals surface area contributed by atoms with Gasteiger partial charge in [0.05, 0.1) is 12.1 Å². The summed E-state index contributed by atoms with van der Waals surface area (Å²) in [6.45, 7) is 9.45. The number of imide groups is 1. The minimum atomic E-state index is -1.14. The Morgan fingerprint density at radius 2 is 1.68 bits per heavy atom. The number of amides is 2. The molecule has 0 radical (unpaired) electrons. The quantitative estimate of drug-likeness (QED) is 0.186. The van der Waals surface area contributed by atoms with Crippen LogP contribution in [0.2, 0.25) is 0 Å². The van der Waals surface area contributed by atoms with Gasteiger partial charge in [0.2, 0.25) is 11.8 Å². The van der Waals surface area contributed by atoms with Gasteiger partial charge in [-0.3, -0.25) is 19.3 Å². The number of anilines is 1. The van der Waals surface area contributed by atoms with E-state index in [-0.39, 0.29) is 35.1 Å². The van der Waals surface area contributed by atoms with Gasteiger partial charge in [-0.1, -0.05) is 39.8 Å². The van der Waals surface area contributed by atoms with Crippen molar-refractivity contribution in [3.05, 3.63) is 39.7 Å². The van der Waals surface area contributed by atoms with Gasteiger partial charge in [0, 0.05) is 10.9 Å². The van der Waals surface area contributed by atoms with Crippen LogP contribution in [0.25, 0.3) is 11.0 Å². The lowest BCUT2D eigenvalue weighted by Gasteiger charge is -2.34. The number of nitrogens with zero attached hydrogens (tertiary/aromatic N) is 1. The molecule has 2 rings (SSSR count). The van der Waals surface area contributed by atoms with Crippen LogP contribution >= 0.6 is 0 Å². The largest absolute Gasteiger partial charge is 0.421 e. The molecule has 0 bridgehead atoms. The first-order chi connectivity index (χ1) is 17.3. The maximum Gasteiger partial charge on any atom is 0.359 e. The van der Waals surface area contributed by atoms with Gasteiger partial charge in [-0.05, 0) is 62.6 Å². The summed E-state index contributed by atoms with van der Waals surface area (Å²) < 4.78 is 5.31. The predicted octanol–water partition coefficient (Wildman–Crippen LogP) is 2.08. The van der Waals surface area contributed by atoms with Gasteiger partial charge in [-0.15, -0.1) is 0 Å². The number of nitrogens with two attached hydrogens (primary N) is 4. The molecule has 10 heteroatoms. The van der Waals surface area contributed by atoms with E-state index in [4.69, 9.17) is 27.4 Å². The van der Waals surface area contributed by atoms with Crippen LogP contribution in [0.3, 0.4) is 0 Å². The van der Waals surface area contributed by atoms with Gasteiger partial charge >= 0.3 is 5.63 Å². The minimum absolute atomic E-state index is 0.00424. The Kier molecular flexibility index (Phi) is 10.5. The summed E-state index contributed by atoms with van der Waals surface area (Å²) in [5, 5.41) is 0.582. The molecule has 1 aromatic carbocycles. The first-order valence-electron chi connectivity index (χ1n) is 12.8. The van der Waals surface area contributed by atoms with E-state index in [1.54, 1.807) is 32.9 Å². The third kappa shape index (κ3) is 7.03. The molecular formula is C27H41N5O5. The van der Waals surface area contributed by atoms with Crippen molar-refractivity contribution in [1.82, 2.24) is 4.90 Å². The zero-order valence-corrected chi connectivity index (χ0v) is 22.5. The van der Waals surface area contributed by atoms with E-state index in [9.17, 15) is 19.2 Å². The molecular weight excluding hydrogens is 474 g/mol. The number of unbranched alkanes of at least 4 members (excludes halogenated alkanes) is 1. The number of hydrogen-bond acceptors (Lipinski definition) is 9. The second-order valence-corrected chi connectivity index (χ2v) is 10.4. The Morgan fingerprint density at radius 3 is 2.24 bits per heavy atom. The first-order valence-corrected chi connectivity index (χ1v) is 12.8. The number of aryl methyl sites for hydroxylation is 1. The zero-order valence-electron chi connectivity index (χ0n) is 22.5. The normalized spacial score (nSPS) is 14.1. The fourth-order valence-corrected chi connectivity index (χ4v) is 4.22. The molecule has 0 aliphatic rings. The monoisotopic (exact) mass is 515 g/mol. The molecule has 3 unspecified atom stereocenters. The zero-order chi connectivity index (χ0) is 28.0. The predicted molar refractivity (Wildman–Crippen MR) is 145 cm³/mol. The summed E-state index contributed by atoms with van der Waals surface area (Å²) in [6, 6.07) is 1.51. The highest BCUT2D eigenvalue weighted by Gasteiger charge is 2.40. The second kappa shape index (κ2) is 12.9. The average Bonchev–Trinajstić information content (AvgIpc) is 2.84. The van der Waals surface area contributed by atoms with Crippen molar-refractivity contribution in [3.63, 3.8) is 0 Å². The van der Waals surface area contributed by atoms with Crippen molar-refractivity contribution in [2.24, 2.45) is 29.0 Å². The van der Waals surface area contributed by atoms with Crippen LogP contribution in [-0.4, -0.2) is 47.2 Å². The van der Waals surface area contributed by atoms with Crippen LogP contribution in [0.5, 0.6) is 0 Å². The number of benzene rings is 1. The van der Waals surface area contributed by atoms with E-state index in [1.807, 2.05) is 13.8 Å². The lowest BCUT2D eigenvalue weighted by atomic mass is 9.93. The van der Waals surface area contributed by atoms with Crippen LogP contribution in [-0.2, 0) is 9.59 Å². The highest BCUT2D eigenvalue weighted by molar-refractivity contribution is 6.09. The molecule has 0 saturated heterocycles. The number of hydrogen-bond donors (Lipinski definition) is 4. The van der Waals surface area contributed by atoms with Crippen LogP contribution in [0.15, 0.2) is 27.4 Å². The van der Waals surface area contributed by atoms with E-state index in [0.29, 0.717) is 36.8 Å². The Balaban J connectivity index is 2.63. The molecule has 1 aromatic heterocycles. The molecule has 3 atom stereocenters. The number of nitrogen functional groups attached to an aromatic ring is 1. The number of Topliss-reactive ketones (excluding diaryl/α,β-unsaturated/α-hetero) is 1.